The van der Waals surface area contributed by atoms with Crippen molar-refractivity contribution in [3.8, 4) is 0 Å². The van der Waals surface area contributed by atoms with Gasteiger partial charge in [-0.1, -0.05) is 5.16 Å². The standard InChI is InChI=1S/C13H21N5O/c1-17(2)11-4-3-7-18(9-11)12-8-10(5-6-15-12)13(14)16-19/h5-6,8,11,19H,3-4,7,9H2,1-2H3,(H2,14,16). The molecule has 1 atom stereocenters. The molecule has 1 unspecified atom stereocenters. The van der Waals surface area contributed by atoms with Crippen molar-refractivity contribution in [3.63, 3.8) is 0 Å². The Hall–Kier alpha value is -1.82. The number of oxime groups is 1. The van der Waals surface area contributed by atoms with Gasteiger partial charge in [0.15, 0.2) is 5.84 Å². The van der Waals surface area contributed by atoms with Crippen LogP contribution in [0.5, 0.6) is 0 Å². The third-order valence-corrected chi connectivity index (χ3v) is 3.60. The molecule has 6 heteroatoms. The lowest BCUT2D eigenvalue weighted by molar-refractivity contribution is 0.257. The smallest absolute Gasteiger partial charge is 0.170 e. The van der Waals surface area contributed by atoms with Crippen molar-refractivity contribution in [2.45, 2.75) is 18.9 Å². The zero-order valence-electron chi connectivity index (χ0n) is 11.5. The van der Waals surface area contributed by atoms with Gasteiger partial charge in [0.1, 0.15) is 5.82 Å². The largest absolute Gasteiger partial charge is 0.409 e. The Kier molecular flexibility index (Phi) is 4.21. The highest BCUT2D eigenvalue weighted by Crippen LogP contribution is 2.20. The molecule has 1 aliphatic rings. The Bertz CT molecular complexity index is 460. The Morgan fingerprint density at radius 1 is 1.58 bits per heavy atom. The Balaban J connectivity index is 2.17. The Morgan fingerprint density at radius 2 is 2.37 bits per heavy atom. The van der Waals surface area contributed by atoms with E-state index >= 15 is 0 Å². The van der Waals surface area contributed by atoms with Gasteiger partial charge in [0.2, 0.25) is 0 Å². The summed E-state index contributed by atoms with van der Waals surface area (Å²) in [5.74, 6) is 1.00. The number of hydrogen-bond donors (Lipinski definition) is 2. The number of nitrogens with zero attached hydrogens (tertiary/aromatic N) is 4. The quantitative estimate of drug-likeness (QED) is 0.363. The number of rotatable bonds is 3. The minimum absolute atomic E-state index is 0.116. The van der Waals surface area contributed by atoms with Gasteiger partial charge >= 0.3 is 0 Å². The predicted octanol–water partition coefficient (Wildman–Crippen LogP) is 0.707. The predicted molar refractivity (Wildman–Crippen MR) is 75.7 cm³/mol. The summed E-state index contributed by atoms with van der Waals surface area (Å²) in [7, 11) is 4.21. The summed E-state index contributed by atoms with van der Waals surface area (Å²) >= 11 is 0. The second-order valence-corrected chi connectivity index (χ2v) is 5.09. The molecule has 1 aromatic heterocycles. The second kappa shape index (κ2) is 5.88. The second-order valence-electron chi connectivity index (χ2n) is 5.09. The van der Waals surface area contributed by atoms with Gasteiger partial charge in [-0.05, 0) is 39.1 Å². The molecule has 1 aromatic rings. The van der Waals surface area contributed by atoms with Crippen molar-refractivity contribution < 1.29 is 5.21 Å². The summed E-state index contributed by atoms with van der Waals surface area (Å²) in [4.78, 5) is 8.89. The van der Waals surface area contributed by atoms with E-state index in [1.807, 2.05) is 6.07 Å². The summed E-state index contributed by atoms with van der Waals surface area (Å²) in [6, 6.07) is 4.15. The van der Waals surface area contributed by atoms with Crippen LogP contribution in [-0.2, 0) is 0 Å². The maximum Gasteiger partial charge on any atom is 0.170 e. The molecule has 2 heterocycles. The summed E-state index contributed by atoms with van der Waals surface area (Å²) < 4.78 is 0. The molecule has 0 bridgehead atoms. The Morgan fingerprint density at radius 3 is 3.05 bits per heavy atom. The van der Waals surface area contributed by atoms with E-state index in [0.717, 1.165) is 25.3 Å². The lowest BCUT2D eigenvalue weighted by Crippen LogP contribution is -2.45. The van der Waals surface area contributed by atoms with Crippen LogP contribution >= 0.6 is 0 Å². The third kappa shape index (κ3) is 3.14. The fourth-order valence-electron chi connectivity index (χ4n) is 2.39. The summed E-state index contributed by atoms with van der Waals surface area (Å²) in [5.41, 5.74) is 6.31. The molecule has 104 valence electrons. The highest BCUT2D eigenvalue weighted by molar-refractivity contribution is 5.97. The zero-order valence-corrected chi connectivity index (χ0v) is 11.5. The van der Waals surface area contributed by atoms with Crippen LogP contribution in [0.1, 0.15) is 18.4 Å². The van der Waals surface area contributed by atoms with Gasteiger partial charge in [0.25, 0.3) is 0 Å². The molecule has 0 saturated carbocycles. The molecule has 0 radical (unpaired) electrons. The molecule has 1 saturated heterocycles. The first kappa shape index (κ1) is 13.6. The first-order chi connectivity index (χ1) is 9.11. The molecular formula is C13H21N5O. The molecule has 0 aromatic carbocycles. The minimum atomic E-state index is 0.116. The van der Waals surface area contributed by atoms with Crippen molar-refractivity contribution in [2.75, 3.05) is 32.1 Å². The Labute approximate surface area is 113 Å². The molecule has 0 spiro atoms. The lowest BCUT2D eigenvalue weighted by atomic mass is 10.0. The molecular weight excluding hydrogens is 242 g/mol. The monoisotopic (exact) mass is 263 g/mol. The molecule has 6 nitrogen and oxygen atoms in total. The average molecular weight is 263 g/mol. The van der Waals surface area contributed by atoms with Crippen LogP contribution in [0.4, 0.5) is 5.82 Å². The fourth-order valence-corrected chi connectivity index (χ4v) is 2.39. The van der Waals surface area contributed by atoms with Crippen molar-refractivity contribution in [2.24, 2.45) is 10.9 Å². The molecule has 2 rings (SSSR count). The summed E-state index contributed by atoms with van der Waals surface area (Å²) in [6.07, 6.45) is 4.06. The topological polar surface area (TPSA) is 78.0 Å². The van der Waals surface area contributed by atoms with Crippen LogP contribution in [0.25, 0.3) is 0 Å². The maximum atomic E-state index is 8.73. The molecule has 19 heavy (non-hydrogen) atoms. The minimum Gasteiger partial charge on any atom is -0.409 e. The number of anilines is 1. The van der Waals surface area contributed by atoms with Crippen molar-refractivity contribution in [3.05, 3.63) is 23.9 Å². The highest BCUT2D eigenvalue weighted by atomic mass is 16.4. The van der Waals surface area contributed by atoms with E-state index in [-0.39, 0.29) is 5.84 Å². The van der Waals surface area contributed by atoms with Crippen molar-refractivity contribution in [1.82, 2.24) is 9.88 Å². The number of aromatic nitrogens is 1. The van der Waals surface area contributed by atoms with E-state index in [4.69, 9.17) is 10.9 Å². The number of amidine groups is 1. The summed E-state index contributed by atoms with van der Waals surface area (Å²) in [6.45, 7) is 1.95. The van der Waals surface area contributed by atoms with Crippen LogP contribution in [-0.4, -0.2) is 54.2 Å². The van der Waals surface area contributed by atoms with Crippen LogP contribution in [0.3, 0.4) is 0 Å². The third-order valence-electron chi connectivity index (χ3n) is 3.60. The molecule has 1 aliphatic heterocycles. The van der Waals surface area contributed by atoms with Gasteiger partial charge < -0.3 is 20.7 Å². The van der Waals surface area contributed by atoms with E-state index < -0.39 is 0 Å². The van der Waals surface area contributed by atoms with E-state index in [0.29, 0.717) is 11.6 Å². The number of likely N-dealkylation sites (N-methyl/N-ethyl adjacent to an activating group) is 1. The summed E-state index contributed by atoms with van der Waals surface area (Å²) in [5, 5.41) is 11.8. The van der Waals surface area contributed by atoms with E-state index in [9.17, 15) is 0 Å². The van der Waals surface area contributed by atoms with E-state index in [2.05, 4.69) is 34.0 Å². The van der Waals surface area contributed by atoms with Gasteiger partial charge in [-0.2, -0.15) is 0 Å². The van der Waals surface area contributed by atoms with E-state index in [1.165, 1.54) is 6.42 Å². The van der Waals surface area contributed by atoms with Gasteiger partial charge in [-0.25, -0.2) is 4.98 Å². The molecule has 3 N–H and O–H groups in total. The normalized spacial score (nSPS) is 20.9. The maximum absolute atomic E-state index is 8.73. The van der Waals surface area contributed by atoms with Gasteiger partial charge in [-0.15, -0.1) is 0 Å². The number of nitrogens with two attached hydrogens (primary N) is 1. The molecule has 1 fully saturated rings. The van der Waals surface area contributed by atoms with Gasteiger partial charge in [0, 0.05) is 30.9 Å². The molecule has 0 aliphatic carbocycles. The number of piperidine rings is 1. The van der Waals surface area contributed by atoms with Gasteiger partial charge in [0.05, 0.1) is 0 Å². The van der Waals surface area contributed by atoms with Crippen molar-refractivity contribution in [1.29, 1.82) is 0 Å². The van der Waals surface area contributed by atoms with Crippen LogP contribution in [0.2, 0.25) is 0 Å². The lowest BCUT2D eigenvalue weighted by Gasteiger charge is -2.36. The van der Waals surface area contributed by atoms with Crippen LogP contribution in [0, 0.1) is 0 Å². The fraction of sp³-hybridized carbons (Fsp3) is 0.538. The van der Waals surface area contributed by atoms with E-state index in [1.54, 1.807) is 12.3 Å². The van der Waals surface area contributed by atoms with Crippen LogP contribution in [0.15, 0.2) is 23.5 Å². The average Bonchev–Trinajstić information content (AvgIpc) is 2.46. The first-order valence-electron chi connectivity index (χ1n) is 6.47. The number of hydrogen-bond acceptors (Lipinski definition) is 5. The van der Waals surface area contributed by atoms with Crippen LogP contribution < -0.4 is 10.6 Å². The van der Waals surface area contributed by atoms with Crippen molar-refractivity contribution >= 4 is 11.7 Å². The number of pyridine rings is 1. The SMILES string of the molecule is CN(C)C1CCCN(c2cc(C(N)=NO)ccn2)C1. The first-order valence-corrected chi connectivity index (χ1v) is 6.47. The molecule has 0 amide bonds. The highest BCUT2D eigenvalue weighted by Gasteiger charge is 2.22. The zero-order chi connectivity index (χ0) is 13.8. The van der Waals surface area contributed by atoms with Gasteiger partial charge in [-0.3, -0.25) is 0 Å².